The lowest BCUT2D eigenvalue weighted by atomic mass is 9.99. The number of aryl methyl sites for hydroxylation is 4. The fraction of sp³-hybridized carbons (Fsp3) is 0.364. The van der Waals surface area contributed by atoms with Gasteiger partial charge in [0.1, 0.15) is 33.7 Å². The number of nitrogens with zero attached hydrogens (tertiary/aromatic N) is 8. The molecule has 1 amide bonds. The second-order valence-electron chi connectivity index (χ2n) is 15.5. The zero-order chi connectivity index (χ0) is 43.2. The van der Waals surface area contributed by atoms with Gasteiger partial charge in [0.25, 0.3) is 0 Å². The molecule has 60 heavy (non-hydrogen) atoms. The Labute approximate surface area is 367 Å². The van der Waals surface area contributed by atoms with Crippen LogP contribution in [-0.2, 0) is 14.3 Å². The molecule has 0 radical (unpaired) electrons. The Bertz CT molecular complexity index is 2470. The van der Waals surface area contributed by atoms with E-state index in [0.29, 0.717) is 21.7 Å². The topological polar surface area (TPSA) is 142 Å². The summed E-state index contributed by atoms with van der Waals surface area (Å²) in [6, 6.07) is 14.4. The summed E-state index contributed by atoms with van der Waals surface area (Å²) < 4.78 is 9.48. The highest BCUT2D eigenvalue weighted by atomic mass is 35.5. The van der Waals surface area contributed by atoms with E-state index in [9.17, 15) is 9.59 Å². The van der Waals surface area contributed by atoms with Crippen LogP contribution in [0.1, 0.15) is 119 Å². The number of aliphatic imine (C=N–C) groups is 2. The van der Waals surface area contributed by atoms with E-state index in [-0.39, 0.29) is 36.9 Å². The number of nitrogens with one attached hydrogen (secondary N) is 1. The third kappa shape index (κ3) is 8.60. The summed E-state index contributed by atoms with van der Waals surface area (Å²) in [5.41, 5.74) is 8.04. The van der Waals surface area contributed by atoms with Crippen molar-refractivity contribution in [2.24, 2.45) is 9.98 Å². The summed E-state index contributed by atoms with van der Waals surface area (Å²) in [6.07, 6.45) is 0.120. The molecule has 2 atom stereocenters. The van der Waals surface area contributed by atoms with Crippen LogP contribution in [-0.4, -0.2) is 65.0 Å². The Morgan fingerprint density at radius 1 is 0.667 bits per heavy atom. The number of ether oxygens (including phenoxy) is 1. The van der Waals surface area contributed by atoms with Crippen LogP contribution >= 0.6 is 45.9 Å². The van der Waals surface area contributed by atoms with Gasteiger partial charge in [-0.15, -0.1) is 43.1 Å². The van der Waals surface area contributed by atoms with E-state index in [1.54, 1.807) is 22.7 Å². The number of rotatable bonds is 8. The maximum absolute atomic E-state index is 12.6. The van der Waals surface area contributed by atoms with E-state index in [1.807, 2.05) is 94.6 Å². The van der Waals surface area contributed by atoms with E-state index in [2.05, 4.69) is 58.0 Å². The van der Waals surface area contributed by atoms with Gasteiger partial charge in [0.2, 0.25) is 5.91 Å². The summed E-state index contributed by atoms with van der Waals surface area (Å²) in [6.45, 7) is 19.8. The van der Waals surface area contributed by atoms with Crippen molar-refractivity contribution in [1.29, 1.82) is 0 Å². The molecule has 312 valence electrons. The van der Waals surface area contributed by atoms with Gasteiger partial charge < -0.3 is 10.1 Å². The zero-order valence-corrected chi connectivity index (χ0v) is 38.4. The lowest BCUT2D eigenvalue weighted by Gasteiger charge is -2.14. The smallest absolute Gasteiger partial charge is 0.308 e. The third-order valence-electron chi connectivity index (χ3n) is 10.3. The highest BCUT2D eigenvalue weighted by molar-refractivity contribution is 7.15. The first kappa shape index (κ1) is 43.1. The van der Waals surface area contributed by atoms with Crippen LogP contribution < -0.4 is 5.32 Å². The molecule has 0 aliphatic carbocycles. The molecular formula is C44H47Cl2N9O3S2. The number of halogens is 2. The number of carbonyl (C=O) groups excluding carboxylic acids is 2. The number of benzene rings is 2. The quantitative estimate of drug-likeness (QED) is 0.150. The van der Waals surface area contributed by atoms with Gasteiger partial charge in [-0.3, -0.25) is 28.7 Å². The van der Waals surface area contributed by atoms with Crippen LogP contribution in [0.2, 0.25) is 10.0 Å². The molecule has 2 aliphatic heterocycles. The zero-order valence-electron chi connectivity index (χ0n) is 35.2. The van der Waals surface area contributed by atoms with Crippen molar-refractivity contribution >= 4 is 69.2 Å². The van der Waals surface area contributed by atoms with Gasteiger partial charge in [-0.1, -0.05) is 47.5 Å². The van der Waals surface area contributed by atoms with Crippen molar-refractivity contribution in [3.63, 3.8) is 0 Å². The fourth-order valence-electron chi connectivity index (χ4n) is 7.29. The number of amides is 1. The molecule has 2 unspecified atom stereocenters. The largest absolute Gasteiger partial charge is 0.463 e. The monoisotopic (exact) mass is 883 g/mol. The van der Waals surface area contributed by atoms with Crippen LogP contribution in [0, 0.1) is 41.5 Å². The molecule has 0 bridgehead atoms. The molecule has 0 fully saturated rings. The Balaban J connectivity index is 0.000000181. The molecule has 12 nitrogen and oxygen atoms in total. The van der Waals surface area contributed by atoms with Gasteiger partial charge in [0, 0.05) is 48.1 Å². The normalized spacial score (nSPS) is 15.4. The number of fused-ring (bicyclic) bond motifs is 6. The minimum atomic E-state index is -0.498. The molecule has 1 N–H and O–H groups in total. The second kappa shape index (κ2) is 17.5. The SMILES string of the molecule is Cc1sc2c(c1C)C(c1ccc(Cl)cc1)=NC(CC(=O)NC(C)C)c1nnc(C)n1-2.Cc1sc2c(c1C)C(c1ccc(Cl)cc1)=NC(CC(=O)OC(C)C)c1nnc(C)n1-2. The first-order chi connectivity index (χ1) is 28.5. The van der Waals surface area contributed by atoms with Gasteiger partial charge in [0.15, 0.2) is 11.6 Å². The van der Waals surface area contributed by atoms with E-state index in [4.69, 9.17) is 37.9 Å². The summed E-state index contributed by atoms with van der Waals surface area (Å²) >= 11 is 15.6. The Kier molecular flexibility index (Phi) is 12.6. The van der Waals surface area contributed by atoms with Crippen molar-refractivity contribution in [2.75, 3.05) is 0 Å². The third-order valence-corrected chi connectivity index (χ3v) is 13.2. The number of thiophene rings is 2. The lowest BCUT2D eigenvalue weighted by Crippen LogP contribution is -2.31. The summed E-state index contributed by atoms with van der Waals surface area (Å²) in [5, 5.41) is 23.8. The Morgan fingerprint density at radius 2 is 1.08 bits per heavy atom. The maximum Gasteiger partial charge on any atom is 0.308 e. The molecule has 16 heteroatoms. The molecule has 2 aliphatic rings. The van der Waals surface area contributed by atoms with Crippen molar-refractivity contribution in [3.8, 4) is 10.0 Å². The lowest BCUT2D eigenvalue weighted by molar-refractivity contribution is -0.147. The molecule has 8 rings (SSSR count). The van der Waals surface area contributed by atoms with E-state index >= 15 is 0 Å². The average Bonchev–Trinajstić information content (AvgIpc) is 3.87. The van der Waals surface area contributed by atoms with Crippen LogP contribution in [0.15, 0.2) is 58.5 Å². The van der Waals surface area contributed by atoms with Crippen LogP contribution in [0.4, 0.5) is 0 Å². The minimum Gasteiger partial charge on any atom is -0.463 e. The minimum absolute atomic E-state index is 0.0560. The number of carbonyl (C=O) groups is 2. The number of esters is 1. The molecule has 0 saturated carbocycles. The van der Waals surface area contributed by atoms with Crippen molar-refractivity contribution < 1.29 is 14.3 Å². The van der Waals surface area contributed by atoms with E-state index in [1.165, 1.54) is 15.3 Å². The number of hydrogen-bond acceptors (Lipinski definition) is 11. The maximum atomic E-state index is 12.6. The Morgan fingerprint density at radius 3 is 1.48 bits per heavy atom. The van der Waals surface area contributed by atoms with Crippen molar-refractivity contribution in [1.82, 2.24) is 34.8 Å². The van der Waals surface area contributed by atoms with E-state index < -0.39 is 12.1 Å². The van der Waals surface area contributed by atoms with Gasteiger partial charge in [0.05, 0.1) is 30.4 Å². The molecule has 4 aromatic heterocycles. The van der Waals surface area contributed by atoms with Gasteiger partial charge >= 0.3 is 5.97 Å². The fourth-order valence-corrected chi connectivity index (χ4v) is 9.97. The summed E-state index contributed by atoms with van der Waals surface area (Å²) in [7, 11) is 0. The molecule has 2 aromatic carbocycles. The second-order valence-corrected chi connectivity index (χ2v) is 18.8. The number of aromatic nitrogens is 6. The predicted octanol–water partition coefficient (Wildman–Crippen LogP) is 9.86. The Hall–Kier alpha value is -5.02. The van der Waals surface area contributed by atoms with Crippen molar-refractivity contribution in [3.05, 3.63) is 125 Å². The predicted molar refractivity (Wildman–Crippen MR) is 240 cm³/mol. The highest BCUT2D eigenvalue weighted by Crippen LogP contribution is 2.41. The van der Waals surface area contributed by atoms with Gasteiger partial charge in [-0.05, 0) is 105 Å². The number of hydrogen-bond donors (Lipinski definition) is 1. The molecule has 6 aromatic rings. The first-order valence-electron chi connectivity index (χ1n) is 19.7. The molecule has 0 spiro atoms. The summed E-state index contributed by atoms with van der Waals surface area (Å²) in [4.78, 5) is 37.7. The molecule has 0 saturated heterocycles. The average molecular weight is 885 g/mol. The summed E-state index contributed by atoms with van der Waals surface area (Å²) in [5.74, 6) is 2.54. The van der Waals surface area contributed by atoms with Gasteiger partial charge in [-0.25, -0.2) is 0 Å². The standard InChI is InChI=1S/C22H24ClN5OS.C22H23ClN4O2S/c1-11(2)24-18(29)10-17-21-27-26-14(5)28(21)22-19(12(3)13(4)30-22)20(25-17)15-6-8-16(23)9-7-15;1-11(2)29-18(28)10-17-21-26-25-14(5)27(21)22-19(12(3)13(4)30-22)20(24-17)15-6-8-16(23)9-7-15/h6-9,11,17H,10H2,1-5H3,(H,24,29);6-9,11,17H,10H2,1-5H3. The molecular weight excluding hydrogens is 838 g/mol. The first-order valence-corrected chi connectivity index (χ1v) is 22.1. The molecule has 6 heterocycles. The van der Waals surface area contributed by atoms with Crippen LogP contribution in [0.5, 0.6) is 0 Å². The van der Waals surface area contributed by atoms with Crippen molar-refractivity contribution in [2.45, 2.75) is 106 Å². The van der Waals surface area contributed by atoms with E-state index in [0.717, 1.165) is 60.9 Å². The van der Waals surface area contributed by atoms with Gasteiger partial charge in [-0.2, -0.15) is 0 Å². The van der Waals surface area contributed by atoms with Crippen LogP contribution in [0.25, 0.3) is 10.0 Å². The highest BCUT2D eigenvalue weighted by Gasteiger charge is 2.34. The van der Waals surface area contributed by atoms with Crippen LogP contribution in [0.3, 0.4) is 0 Å².